The largest absolute Gasteiger partial charge is 0.492 e. The molecule has 1 aliphatic heterocycles. The molecule has 1 saturated heterocycles. The van der Waals surface area contributed by atoms with E-state index < -0.39 is 0 Å². The Bertz CT molecular complexity index is 457. The zero-order chi connectivity index (χ0) is 15.4. The predicted octanol–water partition coefficient (Wildman–Crippen LogP) is 3.20. The van der Waals surface area contributed by atoms with E-state index in [-0.39, 0.29) is 6.10 Å². The SMILES string of the molecule is Cc1cc(OCCN2CCC(C(C)O)C2)ccc1C(C)C. The molecular weight excluding hydrogens is 262 g/mol. The number of aryl methyl sites for hydroxylation is 1. The number of hydrogen-bond donors (Lipinski definition) is 1. The number of aliphatic hydroxyl groups is 1. The molecule has 2 atom stereocenters. The molecule has 1 aromatic rings. The van der Waals surface area contributed by atoms with Gasteiger partial charge in [0.25, 0.3) is 0 Å². The van der Waals surface area contributed by atoms with Gasteiger partial charge in [0.15, 0.2) is 0 Å². The van der Waals surface area contributed by atoms with Gasteiger partial charge in [-0.2, -0.15) is 0 Å². The van der Waals surface area contributed by atoms with Crippen molar-refractivity contribution < 1.29 is 9.84 Å². The molecule has 1 fully saturated rings. The lowest BCUT2D eigenvalue weighted by Crippen LogP contribution is -2.28. The molecule has 1 aliphatic rings. The molecule has 0 radical (unpaired) electrons. The zero-order valence-corrected chi connectivity index (χ0v) is 13.8. The van der Waals surface area contributed by atoms with Crippen molar-refractivity contribution in [3.05, 3.63) is 29.3 Å². The summed E-state index contributed by atoms with van der Waals surface area (Å²) in [4.78, 5) is 2.38. The second kappa shape index (κ2) is 7.28. The lowest BCUT2D eigenvalue weighted by molar-refractivity contribution is 0.125. The number of rotatable bonds is 6. The van der Waals surface area contributed by atoms with Gasteiger partial charge in [-0.1, -0.05) is 19.9 Å². The Labute approximate surface area is 128 Å². The maximum Gasteiger partial charge on any atom is 0.119 e. The highest BCUT2D eigenvalue weighted by Gasteiger charge is 2.25. The number of likely N-dealkylation sites (tertiary alicyclic amines) is 1. The van der Waals surface area contributed by atoms with Crippen LogP contribution in [0.15, 0.2) is 18.2 Å². The van der Waals surface area contributed by atoms with E-state index in [9.17, 15) is 5.11 Å². The van der Waals surface area contributed by atoms with Crippen LogP contribution in [0.4, 0.5) is 0 Å². The van der Waals surface area contributed by atoms with Crippen molar-refractivity contribution in [3.8, 4) is 5.75 Å². The van der Waals surface area contributed by atoms with Crippen molar-refractivity contribution in [2.45, 2.75) is 46.1 Å². The highest BCUT2D eigenvalue weighted by Crippen LogP contribution is 2.24. The van der Waals surface area contributed by atoms with Crippen LogP contribution in [0.5, 0.6) is 5.75 Å². The fourth-order valence-electron chi connectivity index (χ4n) is 3.14. The van der Waals surface area contributed by atoms with E-state index in [0.717, 1.165) is 31.8 Å². The molecule has 0 amide bonds. The number of aliphatic hydroxyl groups excluding tert-OH is 1. The molecule has 118 valence electrons. The Kier molecular flexibility index (Phi) is 5.65. The van der Waals surface area contributed by atoms with Crippen molar-refractivity contribution in [1.29, 1.82) is 0 Å². The van der Waals surface area contributed by atoms with E-state index in [1.807, 2.05) is 6.92 Å². The topological polar surface area (TPSA) is 32.7 Å². The highest BCUT2D eigenvalue weighted by molar-refractivity contribution is 5.36. The first-order valence-corrected chi connectivity index (χ1v) is 8.11. The van der Waals surface area contributed by atoms with Gasteiger partial charge < -0.3 is 9.84 Å². The quantitative estimate of drug-likeness (QED) is 0.873. The second-order valence-corrected chi connectivity index (χ2v) is 6.61. The summed E-state index contributed by atoms with van der Waals surface area (Å²) in [6.45, 7) is 12.2. The van der Waals surface area contributed by atoms with Gasteiger partial charge in [-0.25, -0.2) is 0 Å². The second-order valence-electron chi connectivity index (χ2n) is 6.61. The molecule has 21 heavy (non-hydrogen) atoms. The lowest BCUT2D eigenvalue weighted by Gasteiger charge is -2.18. The van der Waals surface area contributed by atoms with Gasteiger partial charge in [-0.3, -0.25) is 4.90 Å². The average molecular weight is 291 g/mol. The van der Waals surface area contributed by atoms with Crippen LogP contribution in [-0.2, 0) is 0 Å². The van der Waals surface area contributed by atoms with Gasteiger partial charge in [-0.15, -0.1) is 0 Å². The van der Waals surface area contributed by atoms with Crippen molar-refractivity contribution in [1.82, 2.24) is 4.90 Å². The van der Waals surface area contributed by atoms with E-state index in [1.165, 1.54) is 11.1 Å². The molecular formula is C18H29NO2. The van der Waals surface area contributed by atoms with E-state index >= 15 is 0 Å². The molecule has 0 aromatic heterocycles. The number of hydrogen-bond acceptors (Lipinski definition) is 3. The standard InChI is InChI=1S/C18H29NO2/c1-13(2)18-6-5-17(11-14(18)3)21-10-9-19-8-7-16(12-19)15(4)20/h5-6,11,13,15-16,20H,7-10,12H2,1-4H3. The molecule has 1 N–H and O–H groups in total. The normalized spacial score (nSPS) is 21.0. The van der Waals surface area contributed by atoms with E-state index in [0.29, 0.717) is 18.4 Å². The Hall–Kier alpha value is -1.06. The van der Waals surface area contributed by atoms with Crippen LogP contribution in [0.3, 0.4) is 0 Å². The third-order valence-corrected chi connectivity index (χ3v) is 4.53. The molecule has 2 rings (SSSR count). The molecule has 0 bridgehead atoms. The van der Waals surface area contributed by atoms with Gasteiger partial charge >= 0.3 is 0 Å². The molecule has 0 spiro atoms. The molecule has 3 heteroatoms. The fraction of sp³-hybridized carbons (Fsp3) is 0.667. The smallest absolute Gasteiger partial charge is 0.119 e. The Morgan fingerprint density at radius 2 is 2.10 bits per heavy atom. The van der Waals surface area contributed by atoms with Crippen LogP contribution in [0.25, 0.3) is 0 Å². The van der Waals surface area contributed by atoms with E-state index in [2.05, 4.69) is 43.9 Å². The summed E-state index contributed by atoms with van der Waals surface area (Å²) in [7, 11) is 0. The van der Waals surface area contributed by atoms with Crippen LogP contribution in [0.2, 0.25) is 0 Å². The number of benzene rings is 1. The molecule has 2 unspecified atom stereocenters. The summed E-state index contributed by atoms with van der Waals surface area (Å²) < 4.78 is 5.88. The molecule has 1 aromatic carbocycles. The number of nitrogens with zero attached hydrogens (tertiary/aromatic N) is 1. The van der Waals surface area contributed by atoms with Gasteiger partial charge in [0, 0.05) is 13.1 Å². The first-order chi connectivity index (χ1) is 9.97. The van der Waals surface area contributed by atoms with Crippen LogP contribution in [0.1, 0.15) is 44.2 Å². The Morgan fingerprint density at radius 3 is 2.67 bits per heavy atom. The summed E-state index contributed by atoms with van der Waals surface area (Å²) in [6.07, 6.45) is 0.905. The van der Waals surface area contributed by atoms with Crippen LogP contribution >= 0.6 is 0 Å². The van der Waals surface area contributed by atoms with Gasteiger partial charge in [0.1, 0.15) is 12.4 Å². The van der Waals surface area contributed by atoms with Gasteiger partial charge in [0.2, 0.25) is 0 Å². The molecule has 1 heterocycles. The summed E-state index contributed by atoms with van der Waals surface area (Å²) in [6, 6.07) is 6.39. The van der Waals surface area contributed by atoms with Gasteiger partial charge in [-0.05, 0) is 61.9 Å². The highest BCUT2D eigenvalue weighted by atomic mass is 16.5. The average Bonchev–Trinajstić information content (AvgIpc) is 2.87. The van der Waals surface area contributed by atoms with E-state index in [1.54, 1.807) is 0 Å². The summed E-state index contributed by atoms with van der Waals surface area (Å²) in [5.74, 6) is 1.95. The Balaban J connectivity index is 1.78. The van der Waals surface area contributed by atoms with E-state index in [4.69, 9.17) is 4.74 Å². The molecule has 3 nitrogen and oxygen atoms in total. The van der Waals surface area contributed by atoms with Gasteiger partial charge in [0.05, 0.1) is 6.10 Å². The third kappa shape index (κ3) is 4.45. The van der Waals surface area contributed by atoms with Crippen molar-refractivity contribution in [3.63, 3.8) is 0 Å². The maximum absolute atomic E-state index is 9.62. The first kappa shape index (κ1) is 16.3. The third-order valence-electron chi connectivity index (χ3n) is 4.53. The monoisotopic (exact) mass is 291 g/mol. The predicted molar refractivity (Wildman–Crippen MR) is 87.0 cm³/mol. The minimum absolute atomic E-state index is 0.192. The van der Waals surface area contributed by atoms with Crippen LogP contribution < -0.4 is 4.74 Å². The summed E-state index contributed by atoms with van der Waals surface area (Å²) in [5, 5.41) is 9.62. The lowest BCUT2D eigenvalue weighted by atomic mass is 9.98. The summed E-state index contributed by atoms with van der Waals surface area (Å²) >= 11 is 0. The van der Waals surface area contributed by atoms with Crippen molar-refractivity contribution in [2.24, 2.45) is 5.92 Å². The maximum atomic E-state index is 9.62. The minimum atomic E-state index is -0.192. The van der Waals surface area contributed by atoms with Crippen molar-refractivity contribution >= 4 is 0 Å². The Morgan fingerprint density at radius 1 is 1.33 bits per heavy atom. The minimum Gasteiger partial charge on any atom is -0.492 e. The van der Waals surface area contributed by atoms with Crippen molar-refractivity contribution in [2.75, 3.05) is 26.2 Å². The van der Waals surface area contributed by atoms with Crippen LogP contribution in [-0.4, -0.2) is 42.4 Å². The summed E-state index contributed by atoms with van der Waals surface area (Å²) in [5.41, 5.74) is 2.69. The molecule has 0 aliphatic carbocycles. The first-order valence-electron chi connectivity index (χ1n) is 8.11. The number of ether oxygens (including phenoxy) is 1. The zero-order valence-electron chi connectivity index (χ0n) is 13.8. The van der Waals surface area contributed by atoms with Crippen LogP contribution in [0, 0.1) is 12.8 Å². The molecule has 0 saturated carbocycles. The fourth-order valence-corrected chi connectivity index (χ4v) is 3.14.